The van der Waals surface area contributed by atoms with Gasteiger partial charge in [0.15, 0.2) is 5.76 Å². The molecule has 0 bridgehead atoms. The van der Waals surface area contributed by atoms with E-state index in [0.717, 1.165) is 0 Å². The minimum atomic E-state index is -0.123. The summed E-state index contributed by atoms with van der Waals surface area (Å²) in [5.74, 6) is 0.974. The molecule has 7 nitrogen and oxygen atoms in total. The first-order chi connectivity index (χ1) is 12.1. The van der Waals surface area contributed by atoms with Gasteiger partial charge < -0.3 is 19.0 Å². The molecule has 4 rings (SSSR count). The number of aryl methyl sites for hydroxylation is 1. The lowest BCUT2D eigenvalue weighted by atomic mass is 10.1. The summed E-state index contributed by atoms with van der Waals surface area (Å²) < 4.78 is 11.4. The number of furan rings is 1. The van der Waals surface area contributed by atoms with Gasteiger partial charge in [-0.3, -0.25) is 9.59 Å². The maximum absolute atomic E-state index is 12.6. The maximum Gasteiger partial charge on any atom is 0.289 e. The minimum absolute atomic E-state index is 0.0479. The topological polar surface area (TPSA) is 75.9 Å². The molecule has 0 unspecified atom stereocenters. The zero-order valence-corrected chi connectivity index (χ0v) is 14.7. The van der Waals surface area contributed by atoms with Crippen LogP contribution in [0.4, 0.5) is 0 Å². The zero-order valence-electron chi connectivity index (χ0n) is 13.9. The number of rotatable bonds is 2. The second kappa shape index (κ2) is 6.61. The quantitative estimate of drug-likeness (QED) is 0.813. The SMILES string of the molecule is Cc1ccc(C(=O)N2C[C@@H]3CN(C(=O)c4cscn4)CCO[C@@H]3C2)o1. The highest BCUT2D eigenvalue weighted by Gasteiger charge is 2.40. The molecule has 2 aromatic rings. The van der Waals surface area contributed by atoms with Crippen LogP contribution >= 0.6 is 11.3 Å². The van der Waals surface area contributed by atoms with Crippen molar-refractivity contribution in [3.05, 3.63) is 40.2 Å². The molecule has 2 fully saturated rings. The fourth-order valence-electron chi connectivity index (χ4n) is 3.43. The predicted octanol–water partition coefficient (Wildman–Crippen LogP) is 1.66. The van der Waals surface area contributed by atoms with E-state index in [4.69, 9.17) is 9.15 Å². The highest BCUT2D eigenvalue weighted by molar-refractivity contribution is 7.07. The second-order valence-electron chi connectivity index (χ2n) is 6.41. The standard InChI is InChI=1S/C17H19N3O4S/c1-11-2-3-14(24-11)17(22)20-7-12-6-19(4-5-23-15(12)8-20)16(21)13-9-25-10-18-13/h2-3,9-10,12,15H,4-8H2,1H3/t12-,15+/m0/s1. The lowest BCUT2D eigenvalue weighted by molar-refractivity contribution is 0.0470. The van der Waals surface area contributed by atoms with Crippen LogP contribution in [0.3, 0.4) is 0 Å². The van der Waals surface area contributed by atoms with E-state index in [1.54, 1.807) is 32.8 Å². The van der Waals surface area contributed by atoms with E-state index >= 15 is 0 Å². The van der Waals surface area contributed by atoms with Gasteiger partial charge in [-0.05, 0) is 19.1 Å². The van der Waals surface area contributed by atoms with Gasteiger partial charge in [0.2, 0.25) is 0 Å². The van der Waals surface area contributed by atoms with Crippen molar-refractivity contribution in [2.24, 2.45) is 5.92 Å². The number of carbonyl (C=O) groups excluding carboxylic acids is 2. The van der Waals surface area contributed by atoms with Crippen LogP contribution in [0.2, 0.25) is 0 Å². The summed E-state index contributed by atoms with van der Waals surface area (Å²) in [4.78, 5) is 32.8. The van der Waals surface area contributed by atoms with Gasteiger partial charge in [-0.25, -0.2) is 4.98 Å². The van der Waals surface area contributed by atoms with Crippen LogP contribution in [0.1, 0.15) is 26.8 Å². The fraction of sp³-hybridized carbons (Fsp3) is 0.471. The van der Waals surface area contributed by atoms with Crippen LogP contribution < -0.4 is 0 Å². The van der Waals surface area contributed by atoms with E-state index in [1.807, 2.05) is 6.92 Å². The third kappa shape index (κ3) is 3.19. The normalized spacial score (nSPS) is 23.4. The first-order valence-electron chi connectivity index (χ1n) is 8.26. The van der Waals surface area contributed by atoms with Crippen LogP contribution in [0.25, 0.3) is 0 Å². The molecule has 0 N–H and O–H groups in total. The number of hydrogen-bond acceptors (Lipinski definition) is 6. The van der Waals surface area contributed by atoms with Crippen LogP contribution in [0.5, 0.6) is 0 Å². The molecule has 8 heteroatoms. The molecule has 132 valence electrons. The summed E-state index contributed by atoms with van der Waals surface area (Å²) >= 11 is 1.41. The number of aromatic nitrogens is 1. The highest BCUT2D eigenvalue weighted by atomic mass is 32.1. The van der Waals surface area contributed by atoms with E-state index in [0.29, 0.717) is 50.0 Å². The van der Waals surface area contributed by atoms with E-state index in [2.05, 4.69) is 4.98 Å². The molecule has 2 atom stereocenters. The first kappa shape index (κ1) is 16.3. The smallest absolute Gasteiger partial charge is 0.289 e. The molecule has 2 saturated heterocycles. The summed E-state index contributed by atoms with van der Waals surface area (Å²) in [5.41, 5.74) is 2.13. The van der Waals surface area contributed by atoms with Crippen molar-refractivity contribution in [1.82, 2.24) is 14.8 Å². The Morgan fingerprint density at radius 3 is 2.76 bits per heavy atom. The Bertz CT molecular complexity index is 773. The Morgan fingerprint density at radius 2 is 2.04 bits per heavy atom. The summed E-state index contributed by atoms with van der Waals surface area (Å²) in [6.45, 7) is 4.50. The van der Waals surface area contributed by atoms with Gasteiger partial charge in [0, 0.05) is 37.5 Å². The van der Waals surface area contributed by atoms with E-state index < -0.39 is 0 Å². The van der Waals surface area contributed by atoms with Gasteiger partial charge >= 0.3 is 0 Å². The Balaban J connectivity index is 1.45. The first-order valence-corrected chi connectivity index (χ1v) is 9.21. The molecule has 0 radical (unpaired) electrons. The predicted molar refractivity (Wildman–Crippen MR) is 90.6 cm³/mol. The van der Waals surface area contributed by atoms with Crippen molar-refractivity contribution in [3.63, 3.8) is 0 Å². The van der Waals surface area contributed by atoms with Crippen LogP contribution in [-0.4, -0.2) is 65.5 Å². The van der Waals surface area contributed by atoms with Crippen molar-refractivity contribution in [3.8, 4) is 0 Å². The monoisotopic (exact) mass is 361 g/mol. The number of hydrogen-bond donors (Lipinski definition) is 0. The molecule has 2 amide bonds. The number of nitrogens with zero attached hydrogens (tertiary/aromatic N) is 3. The molecular formula is C17H19N3O4S. The number of thiazole rings is 1. The molecular weight excluding hydrogens is 342 g/mol. The Labute approximate surface area is 149 Å². The molecule has 2 aliphatic rings. The summed E-state index contributed by atoms with van der Waals surface area (Å²) in [6.07, 6.45) is -0.0479. The van der Waals surface area contributed by atoms with Crippen molar-refractivity contribution in [2.75, 3.05) is 32.8 Å². The maximum atomic E-state index is 12.6. The van der Waals surface area contributed by atoms with E-state index in [9.17, 15) is 9.59 Å². The zero-order chi connectivity index (χ0) is 17.4. The van der Waals surface area contributed by atoms with E-state index in [1.165, 1.54) is 11.3 Å². The van der Waals surface area contributed by atoms with Crippen molar-refractivity contribution < 1.29 is 18.7 Å². The number of ether oxygens (including phenoxy) is 1. The van der Waals surface area contributed by atoms with Crippen LogP contribution in [0, 0.1) is 12.8 Å². The van der Waals surface area contributed by atoms with Crippen molar-refractivity contribution in [1.29, 1.82) is 0 Å². The van der Waals surface area contributed by atoms with E-state index in [-0.39, 0.29) is 23.8 Å². The lowest BCUT2D eigenvalue weighted by Gasteiger charge is -2.22. The molecule has 2 aromatic heterocycles. The second-order valence-corrected chi connectivity index (χ2v) is 7.13. The van der Waals surface area contributed by atoms with Gasteiger partial charge in [-0.15, -0.1) is 11.3 Å². The average Bonchev–Trinajstić information content (AvgIpc) is 3.33. The van der Waals surface area contributed by atoms with Gasteiger partial charge in [-0.2, -0.15) is 0 Å². The summed E-state index contributed by atoms with van der Waals surface area (Å²) in [7, 11) is 0. The number of carbonyl (C=O) groups is 2. The van der Waals surface area contributed by atoms with Crippen LogP contribution in [0.15, 0.2) is 27.4 Å². The molecule has 4 heterocycles. The summed E-state index contributed by atoms with van der Waals surface area (Å²) in [5, 5.41) is 1.76. The van der Waals surface area contributed by atoms with Crippen molar-refractivity contribution in [2.45, 2.75) is 13.0 Å². The number of fused-ring (bicyclic) bond motifs is 1. The van der Waals surface area contributed by atoms with Crippen molar-refractivity contribution >= 4 is 23.2 Å². The fourth-order valence-corrected chi connectivity index (χ4v) is 3.96. The number of amides is 2. The molecule has 0 aromatic carbocycles. The molecule has 0 saturated carbocycles. The molecule has 25 heavy (non-hydrogen) atoms. The minimum Gasteiger partial charge on any atom is -0.456 e. The highest BCUT2D eigenvalue weighted by Crippen LogP contribution is 2.26. The largest absolute Gasteiger partial charge is 0.456 e. The average molecular weight is 361 g/mol. The lowest BCUT2D eigenvalue weighted by Crippen LogP contribution is -2.38. The van der Waals surface area contributed by atoms with Gasteiger partial charge in [0.1, 0.15) is 11.5 Å². The van der Waals surface area contributed by atoms with Gasteiger partial charge in [-0.1, -0.05) is 0 Å². The third-order valence-electron chi connectivity index (χ3n) is 4.71. The molecule has 0 aliphatic carbocycles. The van der Waals surface area contributed by atoms with Crippen LogP contribution in [-0.2, 0) is 4.74 Å². The molecule has 2 aliphatic heterocycles. The number of likely N-dealkylation sites (tertiary alicyclic amines) is 1. The third-order valence-corrected chi connectivity index (χ3v) is 5.29. The van der Waals surface area contributed by atoms with Gasteiger partial charge in [0.05, 0.1) is 18.2 Å². The Hall–Kier alpha value is -2.19. The Morgan fingerprint density at radius 1 is 1.20 bits per heavy atom. The molecule has 0 spiro atoms. The summed E-state index contributed by atoms with van der Waals surface area (Å²) in [6, 6.07) is 3.48. The Kier molecular flexibility index (Phi) is 4.30. The van der Waals surface area contributed by atoms with Gasteiger partial charge in [0.25, 0.3) is 11.8 Å².